The molecule has 0 radical (unpaired) electrons. The van der Waals surface area contributed by atoms with Gasteiger partial charge >= 0.3 is 6.18 Å². The molecule has 2 aromatic rings. The molecule has 1 amide bonds. The van der Waals surface area contributed by atoms with Crippen LogP contribution in [-0.4, -0.2) is 54.5 Å². The second-order valence-corrected chi connectivity index (χ2v) is 10.4. The van der Waals surface area contributed by atoms with Gasteiger partial charge < -0.3 is 9.47 Å². The number of hydrogen-bond donors (Lipinski definition) is 1. The van der Waals surface area contributed by atoms with E-state index in [0.717, 1.165) is 61.8 Å². The standard InChI is InChI=1S/C25H28ClF4N3O3S/c1-37-32-23(34)19-9-18(17-2-3-17)22(10-21(19)27)35-13-15-4-6-33(7-5-15)12-16-8-20(26)24(31-11-16)36-14-25(28,29)30/h8-11,15,17H,2-7,12-14H2,1H3,(H,32,34). The van der Waals surface area contributed by atoms with Crippen molar-refractivity contribution in [2.75, 3.05) is 32.6 Å². The highest BCUT2D eigenvalue weighted by Gasteiger charge is 2.31. The van der Waals surface area contributed by atoms with Crippen LogP contribution in [0.5, 0.6) is 11.6 Å². The number of nitrogens with zero attached hydrogens (tertiary/aromatic N) is 2. The van der Waals surface area contributed by atoms with Crippen molar-refractivity contribution in [1.29, 1.82) is 0 Å². The van der Waals surface area contributed by atoms with Gasteiger partial charge in [0.25, 0.3) is 5.91 Å². The van der Waals surface area contributed by atoms with Gasteiger partial charge in [-0.05, 0) is 73.9 Å². The Balaban J connectivity index is 1.28. The van der Waals surface area contributed by atoms with E-state index in [9.17, 15) is 22.4 Å². The normalized spacial score (nSPS) is 17.0. The summed E-state index contributed by atoms with van der Waals surface area (Å²) in [6.45, 7) is 1.19. The number of benzene rings is 1. The van der Waals surface area contributed by atoms with Crippen molar-refractivity contribution >= 4 is 29.5 Å². The second kappa shape index (κ2) is 12.1. The molecule has 1 N–H and O–H groups in total. The topological polar surface area (TPSA) is 63.7 Å². The van der Waals surface area contributed by atoms with Crippen LogP contribution in [0, 0.1) is 11.7 Å². The minimum Gasteiger partial charge on any atom is -0.493 e. The van der Waals surface area contributed by atoms with E-state index < -0.39 is 24.5 Å². The van der Waals surface area contributed by atoms with Gasteiger partial charge in [-0.25, -0.2) is 9.37 Å². The maximum Gasteiger partial charge on any atom is 0.422 e. The molecule has 2 heterocycles. The van der Waals surface area contributed by atoms with Crippen LogP contribution in [-0.2, 0) is 6.54 Å². The highest BCUT2D eigenvalue weighted by Crippen LogP contribution is 2.45. The maximum atomic E-state index is 14.6. The molecule has 202 valence electrons. The van der Waals surface area contributed by atoms with Crippen molar-refractivity contribution in [3.63, 3.8) is 0 Å². The summed E-state index contributed by atoms with van der Waals surface area (Å²) in [5.41, 5.74) is 1.71. The zero-order chi connectivity index (χ0) is 26.6. The monoisotopic (exact) mass is 561 g/mol. The van der Waals surface area contributed by atoms with Gasteiger partial charge in [0, 0.05) is 25.1 Å². The Labute approximate surface area is 222 Å². The fraction of sp³-hybridized carbons (Fsp3) is 0.520. The Bertz CT molecular complexity index is 1110. The number of halogens is 5. The third-order valence-corrected chi connectivity index (χ3v) is 7.04. The van der Waals surface area contributed by atoms with Crippen LogP contribution < -0.4 is 14.2 Å². The molecule has 1 saturated carbocycles. The number of likely N-dealkylation sites (tertiary alicyclic amines) is 1. The lowest BCUT2D eigenvalue weighted by Gasteiger charge is -2.32. The smallest absolute Gasteiger partial charge is 0.422 e. The molecule has 1 saturated heterocycles. The Hall–Kier alpha value is -2.24. The second-order valence-electron chi connectivity index (χ2n) is 9.34. The molecule has 2 fully saturated rings. The lowest BCUT2D eigenvalue weighted by molar-refractivity contribution is -0.154. The van der Waals surface area contributed by atoms with E-state index in [-0.39, 0.29) is 16.5 Å². The molecule has 1 aromatic heterocycles. The summed E-state index contributed by atoms with van der Waals surface area (Å²) >= 11 is 7.18. The average molecular weight is 562 g/mol. The van der Waals surface area contributed by atoms with Gasteiger partial charge in [-0.15, -0.1) is 0 Å². The highest BCUT2D eigenvalue weighted by molar-refractivity contribution is 7.97. The lowest BCUT2D eigenvalue weighted by Crippen LogP contribution is -2.35. The number of alkyl halides is 3. The van der Waals surface area contributed by atoms with Crippen LogP contribution in [0.2, 0.25) is 5.02 Å². The Morgan fingerprint density at radius 2 is 1.92 bits per heavy atom. The molecule has 1 aliphatic carbocycles. The number of hydrogen-bond acceptors (Lipinski definition) is 6. The quantitative estimate of drug-likeness (QED) is 0.284. The molecule has 37 heavy (non-hydrogen) atoms. The number of nitrogens with one attached hydrogen (secondary N) is 1. The third-order valence-electron chi connectivity index (χ3n) is 6.38. The average Bonchev–Trinajstić information content (AvgIpc) is 3.68. The van der Waals surface area contributed by atoms with Gasteiger partial charge in [0.15, 0.2) is 6.61 Å². The summed E-state index contributed by atoms with van der Waals surface area (Å²) in [7, 11) is 0. The molecule has 0 unspecified atom stereocenters. The van der Waals surface area contributed by atoms with Gasteiger partial charge in [0.05, 0.1) is 12.2 Å². The number of rotatable bonds is 10. The zero-order valence-corrected chi connectivity index (χ0v) is 21.8. The molecule has 0 spiro atoms. The molecule has 6 nitrogen and oxygen atoms in total. The van der Waals surface area contributed by atoms with Crippen molar-refractivity contribution in [1.82, 2.24) is 14.6 Å². The predicted octanol–water partition coefficient (Wildman–Crippen LogP) is 5.99. The van der Waals surface area contributed by atoms with Crippen molar-refractivity contribution in [3.05, 3.63) is 51.9 Å². The fourth-order valence-corrected chi connectivity index (χ4v) is 4.86. The Morgan fingerprint density at radius 3 is 2.54 bits per heavy atom. The van der Waals surface area contributed by atoms with E-state index >= 15 is 0 Å². The highest BCUT2D eigenvalue weighted by atomic mass is 35.5. The SMILES string of the molecule is CSNC(=O)c1cc(C2CC2)c(OCC2CCN(Cc3cnc(OCC(F)(F)F)c(Cl)c3)CC2)cc1F. The minimum atomic E-state index is -4.46. The van der Waals surface area contributed by atoms with Crippen molar-refractivity contribution in [2.24, 2.45) is 5.92 Å². The number of aromatic nitrogens is 1. The Kier molecular flexibility index (Phi) is 9.07. The summed E-state index contributed by atoms with van der Waals surface area (Å²) in [6.07, 6.45) is 2.48. The van der Waals surface area contributed by atoms with E-state index in [4.69, 9.17) is 16.3 Å². The van der Waals surface area contributed by atoms with Crippen molar-refractivity contribution < 1.29 is 31.8 Å². The molecule has 12 heteroatoms. The van der Waals surface area contributed by atoms with Crippen LogP contribution in [0.1, 0.15) is 53.1 Å². The molecule has 0 bridgehead atoms. The van der Waals surface area contributed by atoms with Gasteiger partial charge in [-0.2, -0.15) is 13.2 Å². The van der Waals surface area contributed by atoms with Crippen molar-refractivity contribution in [2.45, 2.75) is 44.3 Å². The zero-order valence-electron chi connectivity index (χ0n) is 20.2. The van der Waals surface area contributed by atoms with E-state index in [0.29, 0.717) is 30.7 Å². The predicted molar refractivity (Wildman–Crippen MR) is 134 cm³/mol. The molecule has 2 aliphatic rings. The number of ether oxygens (including phenoxy) is 2. The van der Waals surface area contributed by atoms with E-state index in [2.05, 4.69) is 19.3 Å². The van der Waals surface area contributed by atoms with Crippen molar-refractivity contribution in [3.8, 4) is 11.6 Å². The van der Waals surface area contributed by atoms with Gasteiger partial charge in [-0.1, -0.05) is 23.5 Å². The van der Waals surface area contributed by atoms with E-state index in [1.807, 2.05) is 0 Å². The number of piperidine rings is 1. The van der Waals surface area contributed by atoms with Crippen LogP contribution in [0.4, 0.5) is 17.6 Å². The summed E-state index contributed by atoms with van der Waals surface area (Å²) in [5.74, 6) is -0.182. The first-order chi connectivity index (χ1) is 17.6. The maximum absolute atomic E-state index is 14.6. The van der Waals surface area contributed by atoms with E-state index in [1.165, 1.54) is 12.3 Å². The van der Waals surface area contributed by atoms with Crippen LogP contribution in [0.25, 0.3) is 0 Å². The summed E-state index contributed by atoms with van der Waals surface area (Å²) in [6, 6.07) is 4.53. The number of carbonyl (C=O) groups is 1. The van der Waals surface area contributed by atoms with Gasteiger partial charge in [0.2, 0.25) is 5.88 Å². The van der Waals surface area contributed by atoms with E-state index in [1.54, 1.807) is 18.4 Å². The molecule has 1 aromatic carbocycles. The number of pyridine rings is 1. The van der Waals surface area contributed by atoms with Crippen LogP contribution in [0.3, 0.4) is 0 Å². The molecular weight excluding hydrogens is 534 g/mol. The number of carbonyl (C=O) groups excluding carboxylic acids is 1. The largest absolute Gasteiger partial charge is 0.493 e. The molecular formula is C25H28ClF4N3O3S. The molecule has 0 atom stereocenters. The Morgan fingerprint density at radius 1 is 1.19 bits per heavy atom. The first kappa shape index (κ1) is 27.8. The van der Waals surface area contributed by atoms with Gasteiger partial charge in [0.1, 0.15) is 16.6 Å². The first-order valence-electron chi connectivity index (χ1n) is 12.0. The summed E-state index contributed by atoms with van der Waals surface area (Å²) in [5, 5.41) is 0.0423. The fourth-order valence-electron chi connectivity index (χ4n) is 4.32. The first-order valence-corrected chi connectivity index (χ1v) is 13.6. The number of amides is 1. The third kappa shape index (κ3) is 7.87. The summed E-state index contributed by atoms with van der Waals surface area (Å²) in [4.78, 5) is 18.3. The summed E-state index contributed by atoms with van der Waals surface area (Å²) < 4.78 is 65.0. The molecule has 1 aliphatic heterocycles. The van der Waals surface area contributed by atoms with Crippen LogP contribution >= 0.6 is 23.5 Å². The minimum absolute atomic E-state index is 0.0337. The molecule has 4 rings (SSSR count). The lowest BCUT2D eigenvalue weighted by atomic mass is 9.97. The van der Waals surface area contributed by atoms with Gasteiger partial charge in [-0.3, -0.25) is 14.4 Å². The van der Waals surface area contributed by atoms with Crippen LogP contribution in [0.15, 0.2) is 24.4 Å².